The summed E-state index contributed by atoms with van der Waals surface area (Å²) in [7, 11) is 0. The lowest BCUT2D eigenvalue weighted by Crippen LogP contribution is -2.56. The van der Waals surface area contributed by atoms with Crippen LogP contribution in [0.3, 0.4) is 0 Å². The standard InChI is InChI=1S/C18H33N7O7/c1-9(2)6-11(24-15(30)10(19)4-3-5-22-18(20)21)17(32)25-12(7-13(26)27)16(31)23-8-14(28)29/h9-12H,3-8,19H2,1-2H3,(H,23,31)(H,24,30)(H,25,32)(H,26,27)(H,28,29)(H4,20,21,22). The molecule has 0 radical (unpaired) electrons. The van der Waals surface area contributed by atoms with Gasteiger partial charge in [0.2, 0.25) is 17.7 Å². The smallest absolute Gasteiger partial charge is 0.322 e. The second kappa shape index (κ2) is 14.6. The predicted octanol–water partition coefficient (Wildman–Crippen LogP) is -2.94. The fraction of sp³-hybridized carbons (Fsp3) is 0.667. The number of carboxylic acid groups (broad SMARTS) is 2. The molecule has 182 valence electrons. The minimum atomic E-state index is -1.53. The number of nitrogens with one attached hydrogen (secondary N) is 3. The molecule has 0 aromatic rings. The van der Waals surface area contributed by atoms with Crippen molar-refractivity contribution in [3.05, 3.63) is 0 Å². The molecule has 0 aromatic heterocycles. The van der Waals surface area contributed by atoms with Crippen molar-refractivity contribution in [3.63, 3.8) is 0 Å². The second-order valence-corrected chi connectivity index (χ2v) is 7.52. The second-order valence-electron chi connectivity index (χ2n) is 7.52. The summed E-state index contributed by atoms with van der Waals surface area (Å²) in [6, 6.07) is -3.56. The molecule has 14 heteroatoms. The Kier molecular flexibility index (Phi) is 13.0. The van der Waals surface area contributed by atoms with Gasteiger partial charge in [0.05, 0.1) is 12.5 Å². The zero-order chi connectivity index (χ0) is 24.8. The lowest BCUT2D eigenvalue weighted by atomic mass is 10.0. The Labute approximate surface area is 185 Å². The molecule has 0 aliphatic heterocycles. The number of aliphatic imine (C=N–C) groups is 1. The maximum atomic E-state index is 12.7. The van der Waals surface area contributed by atoms with Gasteiger partial charge < -0.3 is 43.4 Å². The number of nitrogens with two attached hydrogens (primary N) is 3. The molecule has 0 aliphatic rings. The monoisotopic (exact) mass is 459 g/mol. The zero-order valence-corrected chi connectivity index (χ0v) is 18.2. The van der Waals surface area contributed by atoms with E-state index in [-0.39, 0.29) is 31.3 Å². The molecule has 0 rings (SSSR count). The van der Waals surface area contributed by atoms with Crippen molar-refractivity contribution >= 4 is 35.6 Å². The highest BCUT2D eigenvalue weighted by Gasteiger charge is 2.30. The van der Waals surface area contributed by atoms with Gasteiger partial charge in [-0.2, -0.15) is 0 Å². The average Bonchev–Trinajstić information content (AvgIpc) is 2.67. The van der Waals surface area contributed by atoms with E-state index in [1.54, 1.807) is 13.8 Å². The Morgan fingerprint density at radius 2 is 1.50 bits per heavy atom. The van der Waals surface area contributed by atoms with Crippen LogP contribution >= 0.6 is 0 Å². The Morgan fingerprint density at radius 3 is 2.00 bits per heavy atom. The normalized spacial score (nSPS) is 13.4. The van der Waals surface area contributed by atoms with Crippen LogP contribution in [0, 0.1) is 5.92 Å². The van der Waals surface area contributed by atoms with Gasteiger partial charge in [-0.3, -0.25) is 29.0 Å². The minimum absolute atomic E-state index is 0.0390. The zero-order valence-electron chi connectivity index (χ0n) is 18.2. The summed E-state index contributed by atoms with van der Waals surface area (Å²) in [4.78, 5) is 62.7. The summed E-state index contributed by atoms with van der Waals surface area (Å²) in [6.07, 6.45) is 0.0918. The molecule has 0 fully saturated rings. The van der Waals surface area contributed by atoms with Gasteiger partial charge in [-0.25, -0.2) is 0 Å². The highest BCUT2D eigenvalue weighted by Crippen LogP contribution is 2.07. The first-order chi connectivity index (χ1) is 14.8. The van der Waals surface area contributed by atoms with Gasteiger partial charge in [0.1, 0.15) is 18.6 Å². The fourth-order valence-corrected chi connectivity index (χ4v) is 2.57. The first-order valence-corrected chi connectivity index (χ1v) is 9.96. The average molecular weight is 460 g/mol. The number of amides is 3. The van der Waals surface area contributed by atoms with Crippen molar-refractivity contribution in [2.45, 2.75) is 57.7 Å². The highest BCUT2D eigenvalue weighted by molar-refractivity contribution is 5.95. The van der Waals surface area contributed by atoms with Gasteiger partial charge in [0, 0.05) is 6.54 Å². The number of rotatable bonds is 15. The van der Waals surface area contributed by atoms with Crippen LogP contribution in [0.5, 0.6) is 0 Å². The van der Waals surface area contributed by atoms with Crippen LogP contribution in [0.4, 0.5) is 0 Å². The molecule has 14 nitrogen and oxygen atoms in total. The van der Waals surface area contributed by atoms with Gasteiger partial charge in [-0.05, 0) is 25.2 Å². The molecule has 3 atom stereocenters. The predicted molar refractivity (Wildman–Crippen MR) is 114 cm³/mol. The summed E-state index contributed by atoms with van der Waals surface area (Å²) in [5.41, 5.74) is 16.3. The van der Waals surface area contributed by atoms with Gasteiger partial charge in [-0.15, -0.1) is 0 Å². The molecule has 11 N–H and O–H groups in total. The van der Waals surface area contributed by atoms with Crippen LogP contribution in [0.25, 0.3) is 0 Å². The van der Waals surface area contributed by atoms with Gasteiger partial charge in [0.15, 0.2) is 5.96 Å². The molecule has 0 bridgehead atoms. The molecular formula is C18H33N7O7. The van der Waals surface area contributed by atoms with Gasteiger partial charge in [0.25, 0.3) is 0 Å². The summed E-state index contributed by atoms with van der Waals surface area (Å²) >= 11 is 0. The van der Waals surface area contributed by atoms with E-state index in [4.69, 9.17) is 27.4 Å². The van der Waals surface area contributed by atoms with Crippen LogP contribution in [0.2, 0.25) is 0 Å². The topological polar surface area (TPSA) is 252 Å². The number of aliphatic carboxylic acids is 2. The molecular weight excluding hydrogens is 426 g/mol. The summed E-state index contributed by atoms with van der Waals surface area (Å²) in [6.45, 7) is 3.14. The van der Waals surface area contributed by atoms with E-state index >= 15 is 0 Å². The van der Waals surface area contributed by atoms with Crippen LogP contribution in [0.1, 0.15) is 39.5 Å². The Morgan fingerprint density at radius 1 is 0.906 bits per heavy atom. The molecule has 0 spiro atoms. The largest absolute Gasteiger partial charge is 0.481 e. The number of carbonyl (C=O) groups excluding carboxylic acids is 3. The molecule has 3 unspecified atom stereocenters. The van der Waals surface area contributed by atoms with Crippen LogP contribution in [-0.4, -0.2) is 77.0 Å². The number of carboxylic acids is 2. The van der Waals surface area contributed by atoms with Gasteiger partial charge in [-0.1, -0.05) is 13.8 Å². The molecule has 0 aromatic carbocycles. The number of carbonyl (C=O) groups is 5. The molecule has 0 heterocycles. The summed E-state index contributed by atoms with van der Waals surface area (Å²) in [5, 5.41) is 24.4. The lowest BCUT2D eigenvalue weighted by molar-refractivity contribution is -0.141. The highest BCUT2D eigenvalue weighted by atomic mass is 16.4. The number of nitrogens with zero attached hydrogens (tertiary/aromatic N) is 1. The SMILES string of the molecule is CC(C)CC(NC(=O)C(N)CCCN=C(N)N)C(=O)NC(CC(=O)O)C(=O)NCC(=O)O. The van der Waals surface area contributed by atoms with Crippen molar-refractivity contribution < 1.29 is 34.2 Å². The van der Waals surface area contributed by atoms with E-state index in [9.17, 15) is 24.0 Å². The lowest BCUT2D eigenvalue weighted by Gasteiger charge is -2.24. The third-order valence-corrected chi connectivity index (χ3v) is 4.07. The van der Waals surface area contributed by atoms with Crippen molar-refractivity contribution in [3.8, 4) is 0 Å². The van der Waals surface area contributed by atoms with E-state index in [2.05, 4.69) is 15.6 Å². The maximum Gasteiger partial charge on any atom is 0.322 e. The first-order valence-electron chi connectivity index (χ1n) is 9.96. The third kappa shape index (κ3) is 13.0. The van der Waals surface area contributed by atoms with Crippen molar-refractivity contribution in [2.24, 2.45) is 28.1 Å². The van der Waals surface area contributed by atoms with E-state index in [1.807, 2.05) is 5.32 Å². The van der Waals surface area contributed by atoms with E-state index in [1.165, 1.54) is 0 Å². The molecule has 32 heavy (non-hydrogen) atoms. The van der Waals surface area contributed by atoms with Crippen molar-refractivity contribution in [2.75, 3.05) is 13.1 Å². The first kappa shape index (κ1) is 28.6. The Balaban J connectivity index is 5.16. The molecule has 0 saturated heterocycles. The van der Waals surface area contributed by atoms with Crippen molar-refractivity contribution in [1.29, 1.82) is 0 Å². The summed E-state index contributed by atoms with van der Waals surface area (Å²) in [5.74, 6) is -5.22. The molecule has 0 aliphatic carbocycles. The third-order valence-electron chi connectivity index (χ3n) is 4.07. The van der Waals surface area contributed by atoms with E-state index in [0.29, 0.717) is 6.42 Å². The Hall–Kier alpha value is -3.42. The fourth-order valence-electron chi connectivity index (χ4n) is 2.57. The molecule has 3 amide bonds. The quantitative estimate of drug-likeness (QED) is 0.0702. The minimum Gasteiger partial charge on any atom is -0.481 e. The van der Waals surface area contributed by atoms with Crippen molar-refractivity contribution in [1.82, 2.24) is 16.0 Å². The van der Waals surface area contributed by atoms with E-state index < -0.39 is 60.8 Å². The van der Waals surface area contributed by atoms with E-state index in [0.717, 1.165) is 0 Å². The maximum absolute atomic E-state index is 12.7. The molecule has 0 saturated carbocycles. The number of guanidine groups is 1. The summed E-state index contributed by atoms with van der Waals surface area (Å²) < 4.78 is 0. The van der Waals surface area contributed by atoms with Gasteiger partial charge >= 0.3 is 11.9 Å². The van der Waals surface area contributed by atoms with Crippen LogP contribution < -0.4 is 33.2 Å². The number of hydrogen-bond acceptors (Lipinski definition) is 7. The number of hydrogen-bond donors (Lipinski definition) is 8. The van der Waals surface area contributed by atoms with Crippen LogP contribution in [-0.2, 0) is 24.0 Å². The Bertz CT molecular complexity index is 708. The van der Waals surface area contributed by atoms with Crippen LogP contribution in [0.15, 0.2) is 4.99 Å².